The number of halogens is 2. The summed E-state index contributed by atoms with van der Waals surface area (Å²) < 4.78 is 45.6. The number of hydrogen-bond acceptors (Lipinski definition) is 10. The molecular formula is C24H26F2N7O4P. The molecule has 1 fully saturated rings. The number of hydrogen-bond donors (Lipinski definition) is 2. The number of nitrogens with zero attached hydrogens (tertiary/aromatic N) is 5. The van der Waals surface area contributed by atoms with E-state index in [1.54, 1.807) is 38.1 Å². The summed E-state index contributed by atoms with van der Waals surface area (Å²) in [4.78, 5) is 28.6. The molecule has 1 atom stereocenters. The van der Waals surface area contributed by atoms with Crippen LogP contribution in [0, 0.1) is 11.6 Å². The van der Waals surface area contributed by atoms with Crippen LogP contribution >= 0.6 is 9.47 Å². The first-order chi connectivity index (χ1) is 18.2. The van der Waals surface area contributed by atoms with Crippen LogP contribution in [0.15, 0.2) is 36.5 Å². The smallest absolute Gasteiger partial charge is 0.273 e. The number of rotatable bonds is 7. The lowest BCUT2D eigenvalue weighted by Crippen LogP contribution is -2.53. The number of nitrogens with one attached hydrogen (secondary N) is 2. The Kier molecular flexibility index (Phi) is 7.24. The number of morpholine rings is 1. The number of fused-ring (bicyclic) bond motifs is 1. The minimum atomic E-state index is -1.11. The molecule has 2 aliphatic rings. The molecule has 2 N–H and O–H groups in total. The maximum absolute atomic E-state index is 14.8. The quantitative estimate of drug-likeness (QED) is 0.426. The van der Waals surface area contributed by atoms with E-state index in [-0.39, 0.29) is 36.0 Å². The average molecular weight is 545 g/mol. The highest BCUT2D eigenvalue weighted by Gasteiger charge is 2.42. The van der Waals surface area contributed by atoms with Gasteiger partial charge in [0.15, 0.2) is 28.8 Å². The van der Waals surface area contributed by atoms with Gasteiger partial charge < -0.3 is 29.5 Å². The Bertz CT molecular complexity index is 1360. The largest absolute Gasteiger partial charge is 0.474 e. The second-order valence-corrected chi connectivity index (χ2v) is 9.40. The lowest BCUT2D eigenvalue weighted by atomic mass is 10.1. The van der Waals surface area contributed by atoms with E-state index < -0.39 is 17.2 Å². The first-order valence-corrected chi connectivity index (χ1v) is 12.2. The van der Waals surface area contributed by atoms with Crippen molar-refractivity contribution >= 4 is 50.2 Å². The molecule has 0 spiro atoms. The summed E-state index contributed by atoms with van der Waals surface area (Å²) in [5.41, 5.74) is -0.228. The highest BCUT2D eigenvalue weighted by atomic mass is 31.0. The van der Waals surface area contributed by atoms with Gasteiger partial charge in [-0.2, -0.15) is 4.98 Å². The fourth-order valence-electron chi connectivity index (χ4n) is 4.12. The zero-order valence-electron chi connectivity index (χ0n) is 20.7. The van der Waals surface area contributed by atoms with Crippen LogP contribution in [0.2, 0.25) is 0 Å². The molecule has 14 heteroatoms. The van der Waals surface area contributed by atoms with E-state index in [0.29, 0.717) is 43.4 Å². The van der Waals surface area contributed by atoms with Crippen molar-refractivity contribution < 1.29 is 27.6 Å². The van der Waals surface area contributed by atoms with Crippen molar-refractivity contribution in [2.45, 2.75) is 19.4 Å². The summed E-state index contributed by atoms with van der Waals surface area (Å²) in [5.74, 6) is -0.819. The number of carbonyl (C=O) groups excluding carboxylic acids is 1. The Morgan fingerprint density at radius 2 is 1.89 bits per heavy atom. The van der Waals surface area contributed by atoms with Crippen molar-refractivity contribution in [2.24, 2.45) is 0 Å². The van der Waals surface area contributed by atoms with E-state index in [4.69, 9.17) is 14.0 Å². The van der Waals surface area contributed by atoms with Crippen LogP contribution in [0.5, 0.6) is 5.75 Å². The normalized spacial score (nSPS) is 16.6. The van der Waals surface area contributed by atoms with Crippen LogP contribution in [0.25, 0.3) is 0 Å². The Morgan fingerprint density at radius 1 is 1.11 bits per heavy atom. The van der Waals surface area contributed by atoms with Crippen molar-refractivity contribution in [1.29, 1.82) is 0 Å². The van der Waals surface area contributed by atoms with Crippen molar-refractivity contribution in [3.05, 3.63) is 48.2 Å². The van der Waals surface area contributed by atoms with Crippen molar-refractivity contribution in [3.8, 4) is 5.75 Å². The van der Waals surface area contributed by atoms with Gasteiger partial charge in [-0.25, -0.2) is 18.7 Å². The third-order valence-corrected chi connectivity index (χ3v) is 6.12. The maximum Gasteiger partial charge on any atom is 0.273 e. The van der Waals surface area contributed by atoms with E-state index in [2.05, 4.69) is 35.1 Å². The Morgan fingerprint density at radius 3 is 2.63 bits per heavy atom. The second-order valence-electron chi connectivity index (χ2n) is 9.07. The van der Waals surface area contributed by atoms with E-state index in [1.165, 1.54) is 11.0 Å². The number of amides is 1. The molecule has 0 saturated carbocycles. The topological polar surface area (TPSA) is 114 Å². The van der Waals surface area contributed by atoms with Crippen LogP contribution in [0.3, 0.4) is 0 Å². The van der Waals surface area contributed by atoms with Crippen molar-refractivity contribution in [2.75, 3.05) is 53.5 Å². The monoisotopic (exact) mass is 545 g/mol. The zero-order chi connectivity index (χ0) is 26.9. The predicted molar refractivity (Wildman–Crippen MR) is 140 cm³/mol. The number of ether oxygens (including phenoxy) is 2. The Balaban J connectivity index is 1.35. The SMILES string of the molecule is CC1(C)Oc2ccc(Nc3nc(Nc4ccc(N5CCOCC5)c(F)c4)ncc3F)nc2N(COP)C1=O. The summed E-state index contributed by atoms with van der Waals surface area (Å²) in [5, 5.41) is 5.69. The second kappa shape index (κ2) is 10.6. The first kappa shape index (κ1) is 26.0. The van der Waals surface area contributed by atoms with Gasteiger partial charge >= 0.3 is 0 Å². The third-order valence-electron chi connectivity index (χ3n) is 5.97. The first-order valence-electron chi connectivity index (χ1n) is 11.8. The average Bonchev–Trinajstić information content (AvgIpc) is 2.89. The molecule has 0 bridgehead atoms. The summed E-state index contributed by atoms with van der Waals surface area (Å²) in [6.07, 6.45) is 0.984. The van der Waals surface area contributed by atoms with E-state index in [9.17, 15) is 13.6 Å². The molecular weight excluding hydrogens is 519 g/mol. The molecule has 3 aromatic rings. The number of carbonyl (C=O) groups is 1. The van der Waals surface area contributed by atoms with Crippen LogP contribution in [-0.4, -0.2) is 59.5 Å². The van der Waals surface area contributed by atoms with Crippen molar-refractivity contribution in [3.63, 3.8) is 0 Å². The number of anilines is 6. The number of benzene rings is 1. The van der Waals surface area contributed by atoms with Gasteiger partial charge in [0.2, 0.25) is 5.95 Å². The van der Waals surface area contributed by atoms with Crippen LogP contribution in [-0.2, 0) is 14.1 Å². The molecule has 1 aromatic carbocycles. The van der Waals surface area contributed by atoms with Gasteiger partial charge in [-0.3, -0.25) is 9.69 Å². The maximum atomic E-state index is 14.8. The molecule has 38 heavy (non-hydrogen) atoms. The van der Waals surface area contributed by atoms with Gasteiger partial charge in [-0.15, -0.1) is 0 Å². The third kappa shape index (κ3) is 5.31. The summed E-state index contributed by atoms with van der Waals surface area (Å²) in [6, 6.07) is 7.87. The molecule has 1 unspecified atom stereocenters. The molecule has 11 nitrogen and oxygen atoms in total. The molecule has 1 saturated heterocycles. The van der Waals surface area contributed by atoms with Gasteiger partial charge in [0.05, 0.1) is 25.1 Å². The molecule has 200 valence electrons. The molecule has 5 rings (SSSR count). The molecule has 2 aliphatic heterocycles. The lowest BCUT2D eigenvalue weighted by Gasteiger charge is -2.37. The summed E-state index contributed by atoms with van der Waals surface area (Å²) >= 11 is 0. The minimum absolute atomic E-state index is 0.0451. The highest BCUT2D eigenvalue weighted by Crippen LogP contribution is 2.37. The van der Waals surface area contributed by atoms with E-state index in [1.807, 2.05) is 4.90 Å². The molecule has 0 radical (unpaired) electrons. The molecule has 2 aromatic heterocycles. The van der Waals surface area contributed by atoms with Gasteiger partial charge in [0, 0.05) is 28.2 Å². The minimum Gasteiger partial charge on any atom is -0.474 e. The van der Waals surface area contributed by atoms with Crippen LogP contribution in [0.1, 0.15) is 13.8 Å². The van der Waals surface area contributed by atoms with E-state index >= 15 is 0 Å². The molecule has 0 aliphatic carbocycles. The zero-order valence-corrected chi connectivity index (χ0v) is 21.9. The summed E-state index contributed by atoms with van der Waals surface area (Å²) in [6.45, 7) is 5.52. The van der Waals surface area contributed by atoms with Gasteiger partial charge in [0.1, 0.15) is 18.4 Å². The molecule has 1 amide bonds. The molecule has 4 heterocycles. The lowest BCUT2D eigenvalue weighted by molar-refractivity contribution is -0.133. The fourth-order valence-corrected chi connectivity index (χ4v) is 4.27. The summed E-state index contributed by atoms with van der Waals surface area (Å²) in [7, 11) is 2.09. The Labute approximate surface area is 219 Å². The van der Waals surface area contributed by atoms with Crippen LogP contribution in [0.4, 0.5) is 43.6 Å². The number of aromatic nitrogens is 3. The van der Waals surface area contributed by atoms with Crippen molar-refractivity contribution in [1.82, 2.24) is 15.0 Å². The van der Waals surface area contributed by atoms with Gasteiger partial charge in [0.25, 0.3) is 5.91 Å². The van der Waals surface area contributed by atoms with Crippen LogP contribution < -0.4 is 25.2 Å². The Hall–Kier alpha value is -3.67. The van der Waals surface area contributed by atoms with Gasteiger partial charge in [-0.1, -0.05) is 0 Å². The number of pyridine rings is 1. The standard InChI is InChI=1S/C24H26F2N7O4P/c1-24(2)22(34)33(13-36-38)21-18(37-24)5-6-19(30-21)29-20-16(26)12-27-23(31-20)28-14-3-4-17(15(25)11-14)32-7-9-35-10-8-32/h3-6,11-12H,7-10,13,38H2,1-2H3,(H2,27,28,29,30,31). The fraction of sp³-hybridized carbons (Fsp3) is 0.333. The predicted octanol–water partition coefficient (Wildman–Crippen LogP) is 3.74. The van der Waals surface area contributed by atoms with Gasteiger partial charge in [-0.05, 0) is 44.2 Å². The highest BCUT2D eigenvalue weighted by molar-refractivity contribution is 7.09. The van der Waals surface area contributed by atoms with E-state index in [0.717, 1.165) is 6.20 Å².